The number of thioether (sulfide) groups is 1. The Morgan fingerprint density at radius 3 is 2.64 bits per heavy atom. The molecule has 0 amide bonds. The van der Waals surface area contributed by atoms with Crippen LogP contribution in [0, 0.1) is 0 Å². The molecule has 4 heteroatoms. The average Bonchev–Trinajstić information content (AvgIpc) is 2.18. The molecule has 14 heavy (non-hydrogen) atoms. The minimum absolute atomic E-state index is 0.0659. The highest BCUT2D eigenvalue weighted by Crippen LogP contribution is 2.23. The Morgan fingerprint density at radius 1 is 1.29 bits per heavy atom. The van der Waals surface area contributed by atoms with E-state index in [0.717, 1.165) is 10.5 Å². The van der Waals surface area contributed by atoms with E-state index in [9.17, 15) is 8.78 Å². The molecule has 0 aliphatic carbocycles. The van der Waals surface area contributed by atoms with Crippen LogP contribution in [0.4, 0.5) is 8.78 Å². The molecule has 1 rings (SSSR count). The summed E-state index contributed by atoms with van der Waals surface area (Å²) >= 11 is 1.44. The number of alkyl halides is 2. The van der Waals surface area contributed by atoms with E-state index < -0.39 is 6.43 Å². The van der Waals surface area contributed by atoms with Crippen LogP contribution in [0.5, 0.6) is 0 Å². The smallest absolute Gasteiger partial charge is 0.239 e. The number of benzene rings is 1. The van der Waals surface area contributed by atoms with Gasteiger partial charge in [0.15, 0.2) is 0 Å². The third-order valence-corrected chi connectivity index (χ3v) is 2.94. The zero-order valence-corrected chi connectivity index (χ0v) is 8.57. The molecule has 0 bridgehead atoms. The third-order valence-electron chi connectivity index (χ3n) is 1.79. The third kappa shape index (κ3) is 3.64. The van der Waals surface area contributed by atoms with E-state index in [4.69, 9.17) is 5.73 Å². The molecular formula is C10H13F2NS. The van der Waals surface area contributed by atoms with Gasteiger partial charge in [0.25, 0.3) is 0 Å². The highest BCUT2D eigenvalue weighted by atomic mass is 32.2. The highest BCUT2D eigenvalue weighted by molar-refractivity contribution is 7.99. The monoisotopic (exact) mass is 217 g/mol. The van der Waals surface area contributed by atoms with Crippen molar-refractivity contribution in [3.05, 3.63) is 29.8 Å². The van der Waals surface area contributed by atoms with Crippen molar-refractivity contribution in [2.75, 3.05) is 5.75 Å². The number of halogens is 2. The van der Waals surface area contributed by atoms with Crippen LogP contribution in [0.1, 0.15) is 12.0 Å². The number of rotatable bonds is 5. The van der Waals surface area contributed by atoms with Crippen molar-refractivity contribution in [1.29, 1.82) is 0 Å². The first-order valence-corrected chi connectivity index (χ1v) is 5.41. The Morgan fingerprint density at radius 2 is 2.00 bits per heavy atom. The standard InChI is InChI=1S/C10H13F2NS/c11-10(12)5-6-14-9-4-2-1-3-8(9)7-13/h1-4,10H,5-7,13H2. The summed E-state index contributed by atoms with van der Waals surface area (Å²) in [5.74, 6) is 0.439. The zero-order chi connectivity index (χ0) is 10.4. The van der Waals surface area contributed by atoms with Crippen molar-refractivity contribution in [3.63, 3.8) is 0 Å². The van der Waals surface area contributed by atoms with E-state index in [1.54, 1.807) is 0 Å². The summed E-state index contributed by atoms with van der Waals surface area (Å²) in [6.07, 6.45) is -2.28. The summed E-state index contributed by atoms with van der Waals surface area (Å²) in [6.45, 7) is 0.456. The topological polar surface area (TPSA) is 26.0 Å². The van der Waals surface area contributed by atoms with Gasteiger partial charge in [-0.3, -0.25) is 0 Å². The fraction of sp³-hybridized carbons (Fsp3) is 0.400. The summed E-state index contributed by atoms with van der Waals surface area (Å²) in [6, 6.07) is 7.63. The lowest BCUT2D eigenvalue weighted by Gasteiger charge is -2.06. The van der Waals surface area contributed by atoms with E-state index in [0.29, 0.717) is 12.3 Å². The van der Waals surface area contributed by atoms with Gasteiger partial charge in [0, 0.05) is 23.6 Å². The van der Waals surface area contributed by atoms with E-state index in [-0.39, 0.29) is 6.42 Å². The molecule has 0 fully saturated rings. The van der Waals surface area contributed by atoms with E-state index in [2.05, 4.69) is 0 Å². The lowest BCUT2D eigenvalue weighted by Crippen LogP contribution is -1.99. The van der Waals surface area contributed by atoms with Gasteiger partial charge in [0.1, 0.15) is 0 Å². The lowest BCUT2D eigenvalue weighted by molar-refractivity contribution is 0.145. The van der Waals surface area contributed by atoms with Gasteiger partial charge >= 0.3 is 0 Å². The van der Waals surface area contributed by atoms with Crippen LogP contribution < -0.4 is 5.73 Å². The maximum atomic E-state index is 11.9. The van der Waals surface area contributed by atoms with Crippen molar-refractivity contribution in [2.45, 2.75) is 24.3 Å². The molecule has 0 radical (unpaired) electrons. The first kappa shape index (κ1) is 11.5. The van der Waals surface area contributed by atoms with Crippen molar-refractivity contribution in [1.82, 2.24) is 0 Å². The summed E-state index contributed by atoms with van der Waals surface area (Å²) in [5, 5.41) is 0. The normalized spacial score (nSPS) is 10.9. The van der Waals surface area contributed by atoms with E-state index >= 15 is 0 Å². The minimum atomic E-state index is -2.22. The number of hydrogen-bond acceptors (Lipinski definition) is 2. The predicted octanol–water partition coefficient (Wildman–Crippen LogP) is 2.89. The van der Waals surface area contributed by atoms with Crippen LogP contribution in [0.25, 0.3) is 0 Å². The predicted molar refractivity (Wildman–Crippen MR) is 55.7 cm³/mol. The summed E-state index contributed by atoms with van der Waals surface area (Å²) in [7, 11) is 0. The van der Waals surface area contributed by atoms with Gasteiger partial charge in [-0.05, 0) is 11.6 Å². The molecular weight excluding hydrogens is 204 g/mol. The molecule has 1 nitrogen and oxygen atoms in total. The van der Waals surface area contributed by atoms with Crippen molar-refractivity contribution >= 4 is 11.8 Å². The second-order valence-corrected chi connectivity index (χ2v) is 3.98. The molecule has 0 aliphatic rings. The molecule has 0 aliphatic heterocycles. The molecule has 1 aromatic carbocycles. The Hall–Kier alpha value is -0.610. The quantitative estimate of drug-likeness (QED) is 0.767. The first-order valence-electron chi connectivity index (χ1n) is 4.43. The van der Waals surface area contributed by atoms with Gasteiger partial charge in [-0.1, -0.05) is 18.2 Å². The van der Waals surface area contributed by atoms with Gasteiger partial charge in [0.05, 0.1) is 0 Å². The molecule has 0 saturated heterocycles. The molecule has 0 spiro atoms. The molecule has 0 saturated carbocycles. The second-order valence-electron chi connectivity index (χ2n) is 2.84. The van der Waals surface area contributed by atoms with E-state index in [1.165, 1.54) is 11.8 Å². The summed E-state index contributed by atoms with van der Waals surface area (Å²) in [4.78, 5) is 1.01. The van der Waals surface area contributed by atoms with Crippen molar-refractivity contribution < 1.29 is 8.78 Å². The van der Waals surface area contributed by atoms with Crippen molar-refractivity contribution in [3.8, 4) is 0 Å². The Bertz CT molecular complexity index is 279. The Kier molecular flexibility index (Phi) is 4.90. The molecule has 0 atom stereocenters. The lowest BCUT2D eigenvalue weighted by atomic mass is 10.2. The fourth-order valence-electron chi connectivity index (χ4n) is 1.07. The molecule has 0 aromatic heterocycles. The fourth-order valence-corrected chi connectivity index (χ4v) is 2.10. The minimum Gasteiger partial charge on any atom is -0.326 e. The first-order chi connectivity index (χ1) is 6.74. The molecule has 0 unspecified atom stereocenters. The number of hydrogen-bond donors (Lipinski definition) is 1. The molecule has 2 N–H and O–H groups in total. The van der Waals surface area contributed by atoms with Crippen LogP contribution in [-0.4, -0.2) is 12.2 Å². The summed E-state index contributed by atoms with van der Waals surface area (Å²) in [5.41, 5.74) is 6.54. The van der Waals surface area contributed by atoms with Crippen molar-refractivity contribution in [2.24, 2.45) is 5.73 Å². The van der Waals surface area contributed by atoms with E-state index in [1.807, 2.05) is 24.3 Å². The zero-order valence-electron chi connectivity index (χ0n) is 7.75. The molecule has 78 valence electrons. The summed E-state index contributed by atoms with van der Waals surface area (Å²) < 4.78 is 23.8. The Labute approximate surface area is 86.7 Å². The Balaban J connectivity index is 2.49. The van der Waals surface area contributed by atoms with Crippen LogP contribution in [0.2, 0.25) is 0 Å². The van der Waals surface area contributed by atoms with Crippen LogP contribution in [-0.2, 0) is 6.54 Å². The molecule has 1 aromatic rings. The van der Waals surface area contributed by atoms with Crippen LogP contribution >= 0.6 is 11.8 Å². The van der Waals surface area contributed by atoms with Crippen LogP contribution in [0.15, 0.2) is 29.2 Å². The van der Waals surface area contributed by atoms with Gasteiger partial charge in [-0.25, -0.2) is 8.78 Å². The maximum Gasteiger partial charge on any atom is 0.239 e. The van der Waals surface area contributed by atoms with Gasteiger partial charge in [-0.2, -0.15) is 0 Å². The largest absolute Gasteiger partial charge is 0.326 e. The number of nitrogens with two attached hydrogens (primary N) is 1. The maximum absolute atomic E-state index is 11.9. The molecule has 0 heterocycles. The van der Waals surface area contributed by atoms with Gasteiger partial charge in [-0.15, -0.1) is 11.8 Å². The second kappa shape index (κ2) is 5.98. The average molecular weight is 217 g/mol. The van der Waals surface area contributed by atoms with Crippen LogP contribution in [0.3, 0.4) is 0 Å². The van der Waals surface area contributed by atoms with Gasteiger partial charge < -0.3 is 5.73 Å². The SMILES string of the molecule is NCc1ccccc1SCCC(F)F. The van der Waals surface area contributed by atoms with Gasteiger partial charge in [0.2, 0.25) is 6.43 Å². The highest BCUT2D eigenvalue weighted by Gasteiger charge is 2.04.